The van der Waals surface area contributed by atoms with Gasteiger partial charge >= 0.3 is 24.1 Å². The van der Waals surface area contributed by atoms with Gasteiger partial charge in [0.15, 0.2) is 5.79 Å². The molecule has 1 spiro atoms. The molecule has 1 saturated heterocycles. The molecule has 1 heterocycles. The van der Waals surface area contributed by atoms with Gasteiger partial charge in [0.25, 0.3) is 0 Å². The maximum absolute atomic E-state index is 14.2. The van der Waals surface area contributed by atoms with Crippen LogP contribution in [-0.2, 0) is 38.1 Å². The van der Waals surface area contributed by atoms with Crippen LogP contribution in [0.5, 0.6) is 0 Å². The van der Waals surface area contributed by atoms with E-state index in [1.54, 1.807) is 6.92 Å². The van der Waals surface area contributed by atoms with E-state index in [1.807, 2.05) is 0 Å². The second kappa shape index (κ2) is 9.98. The normalized spacial score (nSPS) is 36.9. The zero-order valence-corrected chi connectivity index (χ0v) is 21.2. The molecule has 1 aliphatic heterocycles. The van der Waals surface area contributed by atoms with Gasteiger partial charge in [-0.05, 0) is 51.9 Å². The summed E-state index contributed by atoms with van der Waals surface area (Å²) in [7, 11) is 0. The highest BCUT2D eigenvalue weighted by Crippen LogP contribution is 2.63. The first-order chi connectivity index (χ1) is 17.1. The van der Waals surface area contributed by atoms with Crippen LogP contribution in [0.3, 0.4) is 0 Å². The average molecular weight is 539 g/mol. The Bertz CT molecular complexity index is 882. The lowest BCUT2D eigenvalue weighted by Gasteiger charge is -2.65. The third kappa shape index (κ3) is 6.05. The van der Waals surface area contributed by atoms with Crippen LogP contribution >= 0.6 is 0 Å². The van der Waals surface area contributed by atoms with Crippen LogP contribution in [-0.4, -0.2) is 67.1 Å². The topological polar surface area (TPSA) is 97.4 Å². The second-order valence-electron chi connectivity index (χ2n) is 11.3. The number of esters is 3. The Labute approximate surface area is 212 Å². The monoisotopic (exact) mass is 538 g/mol. The van der Waals surface area contributed by atoms with E-state index in [1.165, 1.54) is 0 Å². The summed E-state index contributed by atoms with van der Waals surface area (Å²) in [5.41, 5.74) is -2.92. The highest BCUT2D eigenvalue weighted by Gasteiger charge is 2.67. The first-order valence-corrected chi connectivity index (χ1v) is 12.8. The zero-order valence-electron chi connectivity index (χ0n) is 21.2. The van der Waals surface area contributed by atoms with Crippen molar-refractivity contribution in [3.05, 3.63) is 0 Å². The molecule has 4 saturated carbocycles. The number of ether oxygens (including phenoxy) is 5. The van der Waals surface area contributed by atoms with E-state index in [0.717, 1.165) is 26.7 Å². The summed E-state index contributed by atoms with van der Waals surface area (Å²) < 4.78 is 80.5. The summed E-state index contributed by atoms with van der Waals surface area (Å²) in [5.74, 6) is -4.59. The molecule has 4 atom stereocenters. The van der Waals surface area contributed by atoms with E-state index in [4.69, 9.17) is 23.7 Å². The zero-order chi connectivity index (χ0) is 27.2. The Morgan fingerprint density at radius 3 is 2.14 bits per heavy atom. The van der Waals surface area contributed by atoms with E-state index >= 15 is 0 Å². The molecule has 5 fully saturated rings. The minimum Gasteiger partial charge on any atom is -0.465 e. The van der Waals surface area contributed by atoms with Gasteiger partial charge in [0.2, 0.25) is 5.67 Å². The van der Waals surface area contributed by atoms with Crippen LogP contribution in [0.2, 0.25) is 0 Å². The van der Waals surface area contributed by atoms with Crippen molar-refractivity contribution in [1.82, 2.24) is 0 Å². The fourth-order valence-corrected chi connectivity index (χ4v) is 6.45. The lowest BCUT2D eigenvalue weighted by atomic mass is 9.51. The molecule has 0 aromatic heterocycles. The molecule has 0 amide bonds. The Kier molecular flexibility index (Phi) is 7.57. The first kappa shape index (κ1) is 28.1. The number of hydrogen-bond donors (Lipinski definition) is 0. The summed E-state index contributed by atoms with van der Waals surface area (Å²) in [5, 5.41) is 0. The number of carbonyl (C=O) groups is 3. The standard InChI is InChI=1S/C25H34F4O8/c1-4-19(30)34-13-18-15(11-33-20(31)10-24(27,28)29)12-35-25(36-18)16-5-14-6-17(25)9-23(7-14,8-16)37-21(32)22(2,3)26/h14-18H,4-13H2,1-3H3. The number of hydrogen-bond acceptors (Lipinski definition) is 8. The van der Waals surface area contributed by atoms with Crippen molar-refractivity contribution >= 4 is 17.9 Å². The van der Waals surface area contributed by atoms with E-state index in [-0.39, 0.29) is 44.0 Å². The number of alkyl halides is 4. The largest absolute Gasteiger partial charge is 0.465 e. The van der Waals surface area contributed by atoms with Gasteiger partial charge < -0.3 is 23.7 Å². The second-order valence-corrected chi connectivity index (χ2v) is 11.3. The van der Waals surface area contributed by atoms with Crippen molar-refractivity contribution in [2.45, 2.75) is 95.1 Å². The molecule has 8 nitrogen and oxygen atoms in total. The molecular formula is C25H34F4O8. The molecule has 5 aliphatic rings. The summed E-state index contributed by atoms with van der Waals surface area (Å²) in [6, 6.07) is 0. The predicted molar refractivity (Wildman–Crippen MR) is 117 cm³/mol. The van der Waals surface area contributed by atoms with Crippen molar-refractivity contribution in [1.29, 1.82) is 0 Å². The van der Waals surface area contributed by atoms with Crippen LogP contribution in [0.1, 0.15) is 65.7 Å². The third-order valence-corrected chi connectivity index (χ3v) is 7.95. The van der Waals surface area contributed by atoms with Crippen molar-refractivity contribution in [2.24, 2.45) is 23.7 Å². The molecule has 37 heavy (non-hydrogen) atoms. The highest BCUT2D eigenvalue weighted by atomic mass is 19.4. The van der Waals surface area contributed by atoms with Crippen molar-refractivity contribution in [2.75, 3.05) is 19.8 Å². The van der Waals surface area contributed by atoms with Gasteiger partial charge in [0, 0.05) is 24.2 Å². The van der Waals surface area contributed by atoms with E-state index < -0.39 is 59.6 Å². The van der Waals surface area contributed by atoms with Crippen molar-refractivity contribution in [3.63, 3.8) is 0 Å². The Hall–Kier alpha value is -1.95. The van der Waals surface area contributed by atoms with Gasteiger partial charge in [0.1, 0.15) is 24.7 Å². The van der Waals surface area contributed by atoms with Crippen molar-refractivity contribution < 1.29 is 55.6 Å². The van der Waals surface area contributed by atoms with Gasteiger partial charge in [-0.1, -0.05) is 6.92 Å². The maximum atomic E-state index is 14.2. The van der Waals surface area contributed by atoms with Crippen LogP contribution in [0.25, 0.3) is 0 Å². The van der Waals surface area contributed by atoms with Crippen LogP contribution in [0.15, 0.2) is 0 Å². The highest BCUT2D eigenvalue weighted by molar-refractivity contribution is 5.78. The number of halogens is 4. The number of carbonyl (C=O) groups excluding carboxylic acids is 3. The Morgan fingerprint density at radius 2 is 1.57 bits per heavy atom. The van der Waals surface area contributed by atoms with Gasteiger partial charge in [-0.2, -0.15) is 13.2 Å². The molecule has 0 aromatic carbocycles. The smallest absolute Gasteiger partial charge is 0.399 e. The lowest BCUT2D eigenvalue weighted by Crippen LogP contribution is -2.69. The molecule has 210 valence electrons. The average Bonchev–Trinajstić information content (AvgIpc) is 2.77. The molecule has 0 aromatic rings. The van der Waals surface area contributed by atoms with Crippen LogP contribution in [0.4, 0.5) is 17.6 Å². The predicted octanol–water partition coefficient (Wildman–Crippen LogP) is 4.03. The lowest BCUT2D eigenvalue weighted by molar-refractivity contribution is -0.402. The van der Waals surface area contributed by atoms with Gasteiger partial charge in [0.05, 0.1) is 13.2 Å². The summed E-state index contributed by atoms with van der Waals surface area (Å²) in [6.45, 7) is 3.42. The minimum absolute atomic E-state index is 0.0234. The molecular weight excluding hydrogens is 504 g/mol. The molecule has 4 aliphatic carbocycles. The molecule has 4 unspecified atom stereocenters. The van der Waals surface area contributed by atoms with Gasteiger partial charge in [-0.15, -0.1) is 0 Å². The molecule has 0 N–H and O–H groups in total. The quantitative estimate of drug-likeness (QED) is 0.260. The third-order valence-electron chi connectivity index (χ3n) is 7.95. The fourth-order valence-electron chi connectivity index (χ4n) is 6.45. The first-order valence-electron chi connectivity index (χ1n) is 12.8. The SMILES string of the molecule is CCC(=O)OCC1OC2(OCC1COC(=O)CC(F)(F)F)C1CC3CC2CC(OC(=O)C(C)(C)F)(C3)C1. The van der Waals surface area contributed by atoms with E-state index in [9.17, 15) is 31.9 Å². The molecule has 0 radical (unpaired) electrons. The maximum Gasteiger partial charge on any atom is 0.399 e. The molecule has 12 heteroatoms. The van der Waals surface area contributed by atoms with Crippen molar-refractivity contribution in [3.8, 4) is 0 Å². The molecule has 4 bridgehead atoms. The van der Waals surface area contributed by atoms with Crippen LogP contribution < -0.4 is 0 Å². The molecule has 5 rings (SSSR count). The van der Waals surface area contributed by atoms with Crippen LogP contribution in [0, 0.1) is 23.7 Å². The van der Waals surface area contributed by atoms with E-state index in [2.05, 4.69) is 0 Å². The summed E-state index contributed by atoms with van der Waals surface area (Å²) >= 11 is 0. The van der Waals surface area contributed by atoms with Gasteiger partial charge in [-0.25, -0.2) is 9.18 Å². The fraction of sp³-hybridized carbons (Fsp3) is 0.880. The Morgan fingerprint density at radius 1 is 0.946 bits per heavy atom. The van der Waals surface area contributed by atoms with E-state index in [0.29, 0.717) is 19.3 Å². The van der Waals surface area contributed by atoms with Gasteiger partial charge in [-0.3, -0.25) is 9.59 Å². The number of rotatable bonds is 8. The minimum atomic E-state index is -4.69. The summed E-state index contributed by atoms with van der Waals surface area (Å²) in [4.78, 5) is 35.8. The Balaban J connectivity index is 1.48. The summed E-state index contributed by atoms with van der Waals surface area (Å²) in [6.07, 6.45) is -4.04.